The molecule has 1 unspecified atom stereocenters. The Balaban J connectivity index is 1.77. The van der Waals surface area contributed by atoms with Crippen molar-refractivity contribution in [3.8, 4) is 17.0 Å². The number of nitrogens with one attached hydrogen (secondary N) is 2. The van der Waals surface area contributed by atoms with E-state index in [-0.39, 0.29) is 0 Å². The molecular formula is C20H21N3O2. The van der Waals surface area contributed by atoms with Crippen LogP contribution in [-0.4, -0.2) is 22.7 Å². The summed E-state index contributed by atoms with van der Waals surface area (Å²) in [6.45, 7) is 3.15. The van der Waals surface area contributed by atoms with Crippen LogP contribution in [0.1, 0.15) is 25.3 Å². The van der Waals surface area contributed by atoms with Crippen molar-refractivity contribution in [1.82, 2.24) is 10.2 Å². The van der Waals surface area contributed by atoms with Gasteiger partial charge in [-0.1, -0.05) is 25.1 Å². The average molecular weight is 335 g/mol. The van der Waals surface area contributed by atoms with E-state index in [1.807, 2.05) is 36.4 Å². The summed E-state index contributed by atoms with van der Waals surface area (Å²) in [6, 6.07) is 14.1. The van der Waals surface area contributed by atoms with Crippen LogP contribution in [0.25, 0.3) is 22.2 Å². The van der Waals surface area contributed by atoms with Crippen molar-refractivity contribution in [2.45, 2.75) is 26.4 Å². The summed E-state index contributed by atoms with van der Waals surface area (Å²) < 4.78 is 11.6. The minimum atomic E-state index is 0.329. The quantitative estimate of drug-likeness (QED) is 0.634. The fourth-order valence-corrected chi connectivity index (χ4v) is 3.14. The highest BCUT2D eigenvalue weighted by molar-refractivity contribution is 5.93. The van der Waals surface area contributed by atoms with E-state index >= 15 is 0 Å². The second kappa shape index (κ2) is 6.59. The first-order valence-corrected chi connectivity index (χ1v) is 8.59. The smallest absolute Gasteiger partial charge is 0.181 e. The van der Waals surface area contributed by atoms with E-state index in [2.05, 4.69) is 23.2 Å². The number of benzene rings is 2. The third kappa shape index (κ3) is 3.36. The number of nitrogens with zero attached hydrogens (tertiary/aromatic N) is 1. The van der Waals surface area contributed by atoms with E-state index in [4.69, 9.17) is 14.9 Å². The summed E-state index contributed by atoms with van der Waals surface area (Å²) in [6.07, 6.45) is 1.51. The van der Waals surface area contributed by atoms with Crippen molar-refractivity contribution in [2.24, 2.45) is 5.92 Å². The van der Waals surface area contributed by atoms with Crippen LogP contribution < -0.4 is 4.74 Å². The third-order valence-electron chi connectivity index (χ3n) is 4.56. The number of hydrogen-bond acceptors (Lipinski definition) is 4. The topological polar surface area (TPSA) is 71.0 Å². The first kappa shape index (κ1) is 15.7. The van der Waals surface area contributed by atoms with Crippen LogP contribution >= 0.6 is 0 Å². The largest absolute Gasteiger partial charge is 0.494 e. The molecule has 3 aromatic rings. The Hall–Kier alpha value is -2.82. The molecule has 4 rings (SSSR count). The van der Waals surface area contributed by atoms with Crippen LogP contribution in [0.5, 0.6) is 5.75 Å². The monoisotopic (exact) mass is 335 g/mol. The zero-order valence-electron chi connectivity index (χ0n) is 14.2. The van der Waals surface area contributed by atoms with Gasteiger partial charge in [0.15, 0.2) is 5.90 Å². The van der Waals surface area contributed by atoms with E-state index in [1.165, 1.54) is 0 Å². The lowest BCUT2D eigenvalue weighted by molar-refractivity contribution is 0.258. The van der Waals surface area contributed by atoms with E-state index in [1.54, 1.807) is 0 Å². The van der Waals surface area contributed by atoms with Gasteiger partial charge in [-0.15, -0.1) is 0 Å². The zero-order valence-corrected chi connectivity index (χ0v) is 14.2. The van der Waals surface area contributed by atoms with E-state index in [0.29, 0.717) is 31.5 Å². The van der Waals surface area contributed by atoms with E-state index in [9.17, 15) is 0 Å². The van der Waals surface area contributed by atoms with Crippen LogP contribution in [0.2, 0.25) is 0 Å². The van der Waals surface area contributed by atoms with Gasteiger partial charge in [0.2, 0.25) is 0 Å². The molecule has 0 saturated carbocycles. The van der Waals surface area contributed by atoms with Gasteiger partial charge >= 0.3 is 0 Å². The highest BCUT2D eigenvalue weighted by Gasteiger charge is 2.13. The van der Waals surface area contributed by atoms with Crippen LogP contribution in [0, 0.1) is 11.3 Å². The van der Waals surface area contributed by atoms with Gasteiger partial charge in [0.05, 0.1) is 12.1 Å². The molecule has 0 saturated heterocycles. The maximum atomic E-state index is 8.03. The van der Waals surface area contributed by atoms with Crippen molar-refractivity contribution in [1.29, 1.82) is 5.41 Å². The van der Waals surface area contributed by atoms with Crippen LogP contribution in [-0.2, 0) is 11.3 Å². The Morgan fingerprint density at radius 1 is 1.16 bits per heavy atom. The lowest BCUT2D eigenvalue weighted by Crippen LogP contribution is -2.11. The molecule has 1 aliphatic rings. The van der Waals surface area contributed by atoms with Crippen molar-refractivity contribution >= 4 is 16.8 Å². The fourth-order valence-electron chi connectivity index (χ4n) is 3.14. The van der Waals surface area contributed by atoms with E-state index in [0.717, 1.165) is 39.9 Å². The van der Waals surface area contributed by atoms with E-state index < -0.39 is 0 Å². The second-order valence-electron chi connectivity index (χ2n) is 6.64. The Labute approximate surface area is 146 Å². The molecule has 0 radical (unpaired) electrons. The average Bonchev–Trinajstić information content (AvgIpc) is 3.03. The molecule has 2 heterocycles. The van der Waals surface area contributed by atoms with Crippen molar-refractivity contribution < 1.29 is 9.47 Å². The molecule has 0 amide bonds. The first-order valence-electron chi connectivity index (χ1n) is 8.59. The van der Waals surface area contributed by atoms with Gasteiger partial charge in [0.1, 0.15) is 18.1 Å². The maximum Gasteiger partial charge on any atom is 0.181 e. The van der Waals surface area contributed by atoms with Gasteiger partial charge in [-0.25, -0.2) is 0 Å². The molecule has 25 heavy (non-hydrogen) atoms. The van der Waals surface area contributed by atoms with Gasteiger partial charge < -0.3 is 9.47 Å². The van der Waals surface area contributed by atoms with Gasteiger partial charge in [-0.05, 0) is 42.2 Å². The van der Waals surface area contributed by atoms with Crippen LogP contribution in [0.15, 0.2) is 42.5 Å². The molecule has 128 valence electrons. The SMILES string of the molecule is CC1CCOc2ccc3[nH]nc(c3c2)-c2cccc(c2)COC(=N)C1. The number of aromatic nitrogens is 2. The summed E-state index contributed by atoms with van der Waals surface area (Å²) in [5.41, 5.74) is 3.96. The highest BCUT2D eigenvalue weighted by atomic mass is 16.5. The molecular weight excluding hydrogens is 314 g/mol. The molecule has 0 fully saturated rings. The molecule has 4 bridgehead atoms. The molecule has 0 spiro atoms. The second-order valence-corrected chi connectivity index (χ2v) is 6.64. The number of hydrogen-bond donors (Lipinski definition) is 2. The predicted molar refractivity (Wildman–Crippen MR) is 97.9 cm³/mol. The lowest BCUT2D eigenvalue weighted by Gasteiger charge is -2.14. The molecule has 2 N–H and O–H groups in total. The zero-order chi connectivity index (χ0) is 17.2. The summed E-state index contributed by atoms with van der Waals surface area (Å²) in [4.78, 5) is 0. The molecule has 0 aliphatic carbocycles. The lowest BCUT2D eigenvalue weighted by atomic mass is 10.0. The van der Waals surface area contributed by atoms with Gasteiger partial charge in [0.25, 0.3) is 0 Å². The number of fused-ring (bicyclic) bond motifs is 4. The normalized spacial score (nSPS) is 18.3. The van der Waals surface area contributed by atoms with Gasteiger partial charge in [0, 0.05) is 17.4 Å². The van der Waals surface area contributed by atoms with Gasteiger partial charge in [-0.2, -0.15) is 5.10 Å². The third-order valence-corrected chi connectivity index (χ3v) is 4.56. The Morgan fingerprint density at radius 3 is 3.00 bits per heavy atom. The molecule has 1 aliphatic heterocycles. The summed E-state index contributed by atoms with van der Waals surface area (Å²) >= 11 is 0. The number of rotatable bonds is 0. The van der Waals surface area contributed by atoms with Crippen molar-refractivity contribution in [3.63, 3.8) is 0 Å². The predicted octanol–water partition coefficient (Wildman–Crippen LogP) is 4.53. The fraction of sp³-hybridized carbons (Fsp3) is 0.300. The van der Waals surface area contributed by atoms with Crippen molar-refractivity contribution in [3.05, 3.63) is 48.0 Å². The Morgan fingerprint density at radius 2 is 2.08 bits per heavy atom. The standard InChI is InChI=1S/C20H21N3O2/c1-13-7-8-24-16-5-6-18-17(11-16)20(23-22-18)15-4-2-3-14(10-15)12-25-19(21)9-13/h2-6,10-11,13,21H,7-9,12H2,1H3,(H,22,23). The van der Waals surface area contributed by atoms with Gasteiger partial charge in [-0.3, -0.25) is 10.5 Å². The van der Waals surface area contributed by atoms with Crippen molar-refractivity contribution in [2.75, 3.05) is 6.61 Å². The summed E-state index contributed by atoms with van der Waals surface area (Å²) in [5, 5.41) is 16.7. The highest BCUT2D eigenvalue weighted by Crippen LogP contribution is 2.30. The number of aromatic amines is 1. The Bertz CT molecular complexity index is 916. The summed E-state index contributed by atoms with van der Waals surface area (Å²) in [5.74, 6) is 1.52. The number of ether oxygens (including phenoxy) is 2. The molecule has 1 atom stereocenters. The number of H-pyrrole nitrogens is 1. The Kier molecular flexibility index (Phi) is 4.14. The minimum absolute atomic E-state index is 0.329. The molecule has 5 nitrogen and oxygen atoms in total. The van der Waals surface area contributed by atoms with Crippen LogP contribution in [0.3, 0.4) is 0 Å². The van der Waals surface area contributed by atoms with Crippen LogP contribution in [0.4, 0.5) is 0 Å². The molecule has 5 heteroatoms. The first-order chi connectivity index (χ1) is 12.2. The molecule has 2 aromatic carbocycles. The summed E-state index contributed by atoms with van der Waals surface area (Å²) in [7, 11) is 0. The molecule has 1 aromatic heterocycles. The maximum absolute atomic E-state index is 8.03. The minimum Gasteiger partial charge on any atom is -0.494 e.